The standard InChI is InChI=1S/C18H29N3O/c1-6-15(4)16(5)19-10-9-17(7-2)20-11-13-21(14-12-20)18(22)8-3/h7-10,15H,3,6,11-14H2,1-2,4-5H3/b10-9-,17-7?,19-16?. The molecule has 0 aromatic carbocycles. The summed E-state index contributed by atoms with van der Waals surface area (Å²) in [5.41, 5.74) is 2.32. The van der Waals surface area contributed by atoms with Gasteiger partial charge in [-0.25, -0.2) is 0 Å². The summed E-state index contributed by atoms with van der Waals surface area (Å²) in [6.07, 6.45) is 8.53. The molecule has 1 saturated heterocycles. The number of piperazine rings is 1. The lowest BCUT2D eigenvalue weighted by molar-refractivity contribution is -0.127. The Hall–Kier alpha value is -1.84. The maximum Gasteiger partial charge on any atom is 0.246 e. The smallest absolute Gasteiger partial charge is 0.246 e. The molecule has 0 saturated carbocycles. The van der Waals surface area contributed by atoms with Gasteiger partial charge in [0.15, 0.2) is 0 Å². The van der Waals surface area contributed by atoms with Gasteiger partial charge in [0.05, 0.1) is 0 Å². The van der Waals surface area contributed by atoms with Crippen LogP contribution in [0.4, 0.5) is 0 Å². The first-order valence-corrected chi connectivity index (χ1v) is 8.06. The number of hydrogen-bond acceptors (Lipinski definition) is 3. The molecule has 0 radical (unpaired) electrons. The van der Waals surface area contributed by atoms with Crippen LogP contribution < -0.4 is 0 Å². The normalized spacial score (nSPS) is 18.7. The monoisotopic (exact) mass is 303 g/mol. The first-order chi connectivity index (χ1) is 10.5. The molecule has 1 atom stereocenters. The predicted molar refractivity (Wildman–Crippen MR) is 93.8 cm³/mol. The van der Waals surface area contributed by atoms with E-state index in [1.165, 1.54) is 6.08 Å². The van der Waals surface area contributed by atoms with Gasteiger partial charge >= 0.3 is 0 Å². The van der Waals surface area contributed by atoms with Crippen LogP contribution in [0.5, 0.6) is 0 Å². The van der Waals surface area contributed by atoms with E-state index in [0.29, 0.717) is 5.92 Å². The minimum absolute atomic E-state index is 0.0194. The molecule has 4 nitrogen and oxygen atoms in total. The van der Waals surface area contributed by atoms with E-state index in [9.17, 15) is 4.79 Å². The predicted octanol–water partition coefficient (Wildman–Crippen LogP) is 3.24. The zero-order valence-corrected chi connectivity index (χ0v) is 14.4. The molecule has 22 heavy (non-hydrogen) atoms. The van der Waals surface area contributed by atoms with E-state index in [4.69, 9.17) is 0 Å². The molecule has 1 fully saturated rings. The van der Waals surface area contributed by atoms with Gasteiger partial charge in [-0.1, -0.05) is 26.5 Å². The van der Waals surface area contributed by atoms with Crippen LogP contribution in [0, 0.1) is 5.92 Å². The molecule has 0 aromatic rings. The summed E-state index contributed by atoms with van der Waals surface area (Å²) < 4.78 is 0. The average molecular weight is 303 g/mol. The number of nitrogens with zero attached hydrogens (tertiary/aromatic N) is 3. The van der Waals surface area contributed by atoms with Crippen LogP contribution in [0.1, 0.15) is 34.1 Å². The minimum atomic E-state index is 0.0194. The second-order valence-corrected chi connectivity index (χ2v) is 5.63. The van der Waals surface area contributed by atoms with Crippen LogP contribution in [0.15, 0.2) is 41.7 Å². The van der Waals surface area contributed by atoms with Crippen LogP contribution in [-0.4, -0.2) is 47.6 Å². The third-order valence-electron chi connectivity index (χ3n) is 4.28. The number of rotatable bonds is 6. The third kappa shape index (κ3) is 5.17. The fourth-order valence-corrected chi connectivity index (χ4v) is 2.35. The van der Waals surface area contributed by atoms with Crippen molar-refractivity contribution in [1.29, 1.82) is 0 Å². The second kappa shape index (κ2) is 9.23. The fraction of sp³-hybridized carbons (Fsp3) is 0.556. The molecular weight excluding hydrogens is 274 g/mol. The Morgan fingerprint density at radius 3 is 2.36 bits per heavy atom. The lowest BCUT2D eigenvalue weighted by Gasteiger charge is -2.36. The van der Waals surface area contributed by atoms with E-state index in [1.54, 1.807) is 0 Å². The van der Waals surface area contributed by atoms with Crippen molar-refractivity contribution in [2.75, 3.05) is 26.2 Å². The molecule has 1 aliphatic rings. The first kappa shape index (κ1) is 18.2. The molecule has 1 unspecified atom stereocenters. The highest BCUT2D eigenvalue weighted by Gasteiger charge is 2.19. The Kier molecular flexibility index (Phi) is 7.64. The molecule has 0 spiro atoms. The zero-order valence-electron chi connectivity index (χ0n) is 14.4. The molecular formula is C18H29N3O. The first-order valence-electron chi connectivity index (χ1n) is 8.06. The Labute approximate surface area is 134 Å². The summed E-state index contributed by atoms with van der Waals surface area (Å²) in [7, 11) is 0. The molecule has 1 rings (SSSR count). The van der Waals surface area contributed by atoms with Crippen molar-refractivity contribution in [2.24, 2.45) is 10.9 Å². The Bertz CT molecular complexity index is 469. The van der Waals surface area contributed by atoms with Gasteiger partial charge in [0, 0.05) is 43.8 Å². The SMILES string of the molecule is C=CC(=O)N1CCN(C(=CC)/C=C\N=C(C)C(C)CC)CC1. The lowest BCUT2D eigenvalue weighted by Crippen LogP contribution is -2.47. The van der Waals surface area contributed by atoms with Crippen molar-refractivity contribution in [3.63, 3.8) is 0 Å². The van der Waals surface area contributed by atoms with Gasteiger partial charge in [0.25, 0.3) is 0 Å². The lowest BCUT2D eigenvalue weighted by atomic mass is 10.0. The number of allylic oxidation sites excluding steroid dienone is 2. The van der Waals surface area contributed by atoms with E-state index >= 15 is 0 Å². The van der Waals surface area contributed by atoms with E-state index < -0.39 is 0 Å². The summed E-state index contributed by atoms with van der Waals surface area (Å²) in [6, 6.07) is 0. The van der Waals surface area contributed by atoms with Crippen molar-refractivity contribution in [3.05, 3.63) is 36.7 Å². The molecule has 0 aliphatic carbocycles. The van der Waals surface area contributed by atoms with Crippen LogP contribution in [0.3, 0.4) is 0 Å². The van der Waals surface area contributed by atoms with Crippen LogP contribution in [0.25, 0.3) is 0 Å². The van der Waals surface area contributed by atoms with Crippen molar-refractivity contribution in [3.8, 4) is 0 Å². The summed E-state index contributed by atoms with van der Waals surface area (Å²) >= 11 is 0. The quantitative estimate of drug-likeness (QED) is 0.429. The highest BCUT2D eigenvalue weighted by molar-refractivity contribution is 5.87. The second-order valence-electron chi connectivity index (χ2n) is 5.63. The summed E-state index contributed by atoms with van der Waals surface area (Å²) in [4.78, 5) is 20.2. The number of aliphatic imine (C=N–C) groups is 1. The Morgan fingerprint density at radius 1 is 1.27 bits per heavy atom. The van der Waals surface area contributed by atoms with Crippen LogP contribution in [-0.2, 0) is 4.79 Å². The van der Waals surface area contributed by atoms with Crippen molar-refractivity contribution in [2.45, 2.75) is 34.1 Å². The summed E-state index contributed by atoms with van der Waals surface area (Å²) in [5, 5.41) is 0. The van der Waals surface area contributed by atoms with Crippen LogP contribution in [0.2, 0.25) is 0 Å². The highest BCUT2D eigenvalue weighted by Crippen LogP contribution is 2.12. The highest BCUT2D eigenvalue weighted by atomic mass is 16.2. The Morgan fingerprint density at radius 2 is 1.86 bits per heavy atom. The van der Waals surface area contributed by atoms with Gasteiger partial charge in [-0.05, 0) is 38.3 Å². The summed E-state index contributed by atoms with van der Waals surface area (Å²) in [5.74, 6) is 0.540. The molecule has 0 bridgehead atoms. The fourth-order valence-electron chi connectivity index (χ4n) is 2.35. The number of carbonyl (C=O) groups excluding carboxylic acids is 1. The topological polar surface area (TPSA) is 35.9 Å². The number of hydrogen-bond donors (Lipinski definition) is 0. The largest absolute Gasteiger partial charge is 0.368 e. The van der Waals surface area contributed by atoms with Gasteiger partial charge < -0.3 is 9.80 Å². The van der Waals surface area contributed by atoms with Gasteiger partial charge in [-0.3, -0.25) is 9.79 Å². The maximum absolute atomic E-state index is 11.6. The maximum atomic E-state index is 11.6. The molecule has 0 N–H and O–H groups in total. The van der Waals surface area contributed by atoms with Crippen molar-refractivity contribution >= 4 is 11.6 Å². The number of amides is 1. The minimum Gasteiger partial charge on any atom is -0.368 e. The molecule has 0 aromatic heterocycles. The van der Waals surface area contributed by atoms with E-state index in [0.717, 1.165) is 44.0 Å². The van der Waals surface area contributed by atoms with Crippen LogP contribution >= 0.6 is 0 Å². The third-order valence-corrected chi connectivity index (χ3v) is 4.28. The van der Waals surface area contributed by atoms with E-state index in [-0.39, 0.29) is 5.91 Å². The average Bonchev–Trinajstić information content (AvgIpc) is 2.57. The Balaban J connectivity index is 2.60. The van der Waals surface area contributed by atoms with Gasteiger partial charge in [-0.2, -0.15) is 0 Å². The van der Waals surface area contributed by atoms with E-state index in [2.05, 4.69) is 49.4 Å². The van der Waals surface area contributed by atoms with Gasteiger partial charge in [0.2, 0.25) is 5.91 Å². The van der Waals surface area contributed by atoms with Gasteiger partial charge in [0.1, 0.15) is 0 Å². The van der Waals surface area contributed by atoms with Crippen molar-refractivity contribution < 1.29 is 4.79 Å². The molecule has 4 heteroatoms. The molecule has 1 amide bonds. The molecule has 1 aliphatic heterocycles. The molecule has 122 valence electrons. The van der Waals surface area contributed by atoms with Gasteiger partial charge in [-0.15, -0.1) is 0 Å². The molecule has 1 heterocycles. The number of carbonyl (C=O) groups is 1. The van der Waals surface area contributed by atoms with Crippen molar-refractivity contribution in [1.82, 2.24) is 9.80 Å². The van der Waals surface area contributed by atoms with E-state index in [1.807, 2.05) is 18.0 Å². The zero-order chi connectivity index (χ0) is 16.5. The summed E-state index contributed by atoms with van der Waals surface area (Å²) in [6.45, 7) is 15.2.